The number of aliphatic hydroxyl groups excluding tert-OH is 1. The molecule has 1 aliphatic heterocycles. The molecule has 0 unspecified atom stereocenters. The number of aryl methyl sites for hydroxylation is 2. The van der Waals surface area contributed by atoms with Gasteiger partial charge in [-0.25, -0.2) is 0 Å². The average Bonchev–Trinajstić information content (AvgIpc) is 2.76. The van der Waals surface area contributed by atoms with Crippen LogP contribution in [0.3, 0.4) is 0 Å². The summed E-state index contributed by atoms with van der Waals surface area (Å²) in [6.45, 7) is 8.33. The average molecular weight is 500 g/mol. The Morgan fingerprint density at radius 2 is 1.55 bits per heavy atom. The molecule has 2 aromatic carbocycles. The number of benzene rings is 2. The van der Waals surface area contributed by atoms with E-state index >= 15 is 0 Å². The van der Waals surface area contributed by atoms with Gasteiger partial charge in [0.2, 0.25) is 5.91 Å². The minimum Gasteiger partial charge on any atom is -0.493 e. The largest absolute Gasteiger partial charge is 0.493 e. The van der Waals surface area contributed by atoms with E-state index in [0.717, 1.165) is 43.0 Å². The second-order valence-electron chi connectivity index (χ2n) is 8.01. The van der Waals surface area contributed by atoms with Gasteiger partial charge in [0.1, 0.15) is 12.7 Å². The number of carbonyl (C=O) groups is 1. The number of β-amino-alcohol motifs (C(OH)–C–C–N with tert-alkyl or cyclic N) is 1. The highest BCUT2D eigenvalue weighted by atomic mass is 35.5. The van der Waals surface area contributed by atoms with Crippen molar-refractivity contribution in [2.75, 3.05) is 58.3 Å². The third kappa shape index (κ3) is 8.68. The molecule has 0 saturated carbocycles. The summed E-state index contributed by atoms with van der Waals surface area (Å²) >= 11 is 0. The number of piperazine rings is 1. The van der Waals surface area contributed by atoms with Gasteiger partial charge >= 0.3 is 0 Å². The molecule has 7 nitrogen and oxygen atoms in total. The van der Waals surface area contributed by atoms with Gasteiger partial charge in [-0.05, 0) is 37.1 Å². The van der Waals surface area contributed by atoms with Crippen molar-refractivity contribution < 1.29 is 19.4 Å². The summed E-state index contributed by atoms with van der Waals surface area (Å²) in [6.07, 6.45) is -0.594. The number of aliphatic hydroxyl groups is 1. The van der Waals surface area contributed by atoms with Crippen molar-refractivity contribution in [2.24, 2.45) is 0 Å². The molecule has 2 aromatic rings. The molecule has 33 heavy (non-hydrogen) atoms. The third-order valence-corrected chi connectivity index (χ3v) is 5.55. The monoisotopic (exact) mass is 499 g/mol. The predicted octanol–water partition coefficient (Wildman–Crippen LogP) is 3.15. The van der Waals surface area contributed by atoms with Crippen molar-refractivity contribution in [3.63, 3.8) is 0 Å². The third-order valence-electron chi connectivity index (χ3n) is 5.55. The highest BCUT2D eigenvalue weighted by Gasteiger charge is 2.21. The maximum Gasteiger partial charge on any atom is 0.238 e. The summed E-state index contributed by atoms with van der Waals surface area (Å²) in [6, 6.07) is 13.4. The fourth-order valence-corrected chi connectivity index (χ4v) is 3.80. The van der Waals surface area contributed by atoms with E-state index in [-0.39, 0.29) is 37.3 Å². The topological polar surface area (TPSA) is 74.3 Å². The maximum absolute atomic E-state index is 12.5. The number of hydrogen-bond donors (Lipinski definition) is 2. The van der Waals surface area contributed by atoms with E-state index in [4.69, 9.17) is 9.47 Å². The van der Waals surface area contributed by atoms with Gasteiger partial charge in [0.25, 0.3) is 0 Å². The van der Waals surface area contributed by atoms with Gasteiger partial charge in [0.15, 0.2) is 11.5 Å². The highest BCUT2D eigenvalue weighted by molar-refractivity contribution is 5.93. The van der Waals surface area contributed by atoms with Crippen LogP contribution in [0.15, 0.2) is 42.5 Å². The molecule has 1 heterocycles. The lowest BCUT2D eigenvalue weighted by atomic mass is 10.1. The molecule has 1 fully saturated rings. The smallest absolute Gasteiger partial charge is 0.238 e. The van der Waals surface area contributed by atoms with Crippen molar-refractivity contribution in [2.45, 2.75) is 20.0 Å². The number of nitrogens with zero attached hydrogens (tertiary/aromatic N) is 2. The van der Waals surface area contributed by atoms with Gasteiger partial charge in [-0.2, -0.15) is 0 Å². The molecular formula is C24H35Cl2N3O4. The van der Waals surface area contributed by atoms with Gasteiger partial charge < -0.3 is 19.9 Å². The first-order valence-corrected chi connectivity index (χ1v) is 10.7. The van der Waals surface area contributed by atoms with Gasteiger partial charge in [-0.1, -0.05) is 30.3 Å². The Kier molecular flexibility index (Phi) is 12.5. The first-order chi connectivity index (χ1) is 15.0. The molecule has 0 aromatic heterocycles. The molecule has 0 bridgehead atoms. The Bertz CT molecular complexity index is 856. The summed E-state index contributed by atoms with van der Waals surface area (Å²) in [7, 11) is 1.60. The predicted molar refractivity (Wildman–Crippen MR) is 136 cm³/mol. The Hall–Kier alpha value is -2.03. The van der Waals surface area contributed by atoms with Crippen LogP contribution in [0.5, 0.6) is 11.5 Å². The van der Waals surface area contributed by atoms with E-state index < -0.39 is 6.10 Å². The van der Waals surface area contributed by atoms with Crippen LogP contribution in [-0.2, 0) is 4.79 Å². The number of ether oxygens (including phenoxy) is 2. The number of methoxy groups -OCH3 is 1. The number of anilines is 1. The molecule has 0 spiro atoms. The fourth-order valence-electron chi connectivity index (χ4n) is 3.80. The Morgan fingerprint density at radius 1 is 0.970 bits per heavy atom. The van der Waals surface area contributed by atoms with E-state index in [1.807, 2.05) is 56.3 Å². The molecule has 1 aliphatic rings. The van der Waals surface area contributed by atoms with Crippen molar-refractivity contribution in [3.05, 3.63) is 53.6 Å². The van der Waals surface area contributed by atoms with Crippen LogP contribution in [0, 0.1) is 13.8 Å². The van der Waals surface area contributed by atoms with Crippen LogP contribution < -0.4 is 14.8 Å². The van der Waals surface area contributed by atoms with Crippen LogP contribution in [0.25, 0.3) is 0 Å². The first-order valence-electron chi connectivity index (χ1n) is 10.7. The second-order valence-corrected chi connectivity index (χ2v) is 8.01. The summed E-state index contributed by atoms with van der Waals surface area (Å²) in [5.74, 6) is 1.29. The Labute approximate surface area is 208 Å². The minimum absolute atomic E-state index is 0. The van der Waals surface area contributed by atoms with Crippen LogP contribution >= 0.6 is 24.8 Å². The van der Waals surface area contributed by atoms with E-state index in [9.17, 15) is 9.90 Å². The number of halogens is 2. The zero-order valence-electron chi connectivity index (χ0n) is 19.5. The number of carbonyl (C=O) groups excluding carboxylic acids is 1. The Balaban J connectivity index is 0.00000272. The lowest BCUT2D eigenvalue weighted by molar-refractivity contribution is -0.117. The van der Waals surface area contributed by atoms with E-state index in [1.54, 1.807) is 7.11 Å². The lowest BCUT2D eigenvalue weighted by Crippen LogP contribution is -2.50. The lowest BCUT2D eigenvalue weighted by Gasteiger charge is -2.35. The van der Waals surface area contributed by atoms with Gasteiger partial charge in [-0.3, -0.25) is 14.6 Å². The molecule has 1 amide bonds. The van der Waals surface area contributed by atoms with Gasteiger partial charge in [-0.15, -0.1) is 24.8 Å². The number of amides is 1. The molecule has 1 saturated heterocycles. The van der Waals surface area contributed by atoms with Crippen molar-refractivity contribution >= 4 is 36.4 Å². The molecular weight excluding hydrogens is 465 g/mol. The number of nitrogens with one attached hydrogen (secondary N) is 1. The standard InChI is InChI=1S/C24H33N3O4.2ClH/c1-18-7-6-8-19(2)24(18)25-23(29)16-27-13-11-26(12-14-27)15-20(28)17-31-22-10-5-4-9-21(22)30-3;;/h4-10,20,28H,11-17H2,1-3H3,(H,25,29);2*1H/t20-;;/m0../s1. The zero-order valence-corrected chi connectivity index (χ0v) is 21.1. The molecule has 0 radical (unpaired) electrons. The normalized spacial score (nSPS) is 15.0. The Morgan fingerprint density at radius 3 is 2.15 bits per heavy atom. The summed E-state index contributed by atoms with van der Waals surface area (Å²) in [5, 5.41) is 13.4. The quantitative estimate of drug-likeness (QED) is 0.551. The van der Waals surface area contributed by atoms with Crippen LogP contribution in [0.1, 0.15) is 11.1 Å². The molecule has 0 aliphatic carbocycles. The van der Waals surface area contributed by atoms with Crippen LogP contribution in [0.4, 0.5) is 5.69 Å². The van der Waals surface area contributed by atoms with Crippen molar-refractivity contribution in [1.82, 2.24) is 9.80 Å². The fraction of sp³-hybridized carbons (Fsp3) is 0.458. The summed E-state index contributed by atoms with van der Waals surface area (Å²) in [5.41, 5.74) is 3.05. The molecule has 184 valence electrons. The molecule has 9 heteroatoms. The SMILES string of the molecule is COc1ccccc1OC[C@@H](O)CN1CCN(CC(=O)Nc2c(C)cccc2C)CC1.Cl.Cl. The van der Waals surface area contributed by atoms with Crippen LogP contribution in [0.2, 0.25) is 0 Å². The van der Waals surface area contributed by atoms with Crippen LogP contribution in [-0.4, -0.2) is 79.9 Å². The molecule has 2 N–H and O–H groups in total. The van der Waals surface area contributed by atoms with E-state index in [2.05, 4.69) is 15.1 Å². The minimum atomic E-state index is -0.594. The highest BCUT2D eigenvalue weighted by Crippen LogP contribution is 2.25. The molecule has 3 rings (SSSR count). The van der Waals surface area contributed by atoms with Crippen molar-refractivity contribution in [3.8, 4) is 11.5 Å². The molecule has 1 atom stereocenters. The van der Waals surface area contributed by atoms with E-state index in [1.165, 1.54) is 0 Å². The van der Waals surface area contributed by atoms with Gasteiger partial charge in [0, 0.05) is 38.4 Å². The number of para-hydroxylation sites is 3. The maximum atomic E-state index is 12.5. The van der Waals surface area contributed by atoms with Crippen molar-refractivity contribution in [1.29, 1.82) is 0 Å². The second kappa shape index (κ2) is 14.3. The first kappa shape index (κ1) is 29.0. The summed E-state index contributed by atoms with van der Waals surface area (Å²) in [4.78, 5) is 16.8. The van der Waals surface area contributed by atoms with E-state index in [0.29, 0.717) is 24.6 Å². The van der Waals surface area contributed by atoms with Gasteiger partial charge in [0.05, 0.1) is 13.7 Å². The number of rotatable bonds is 9. The zero-order chi connectivity index (χ0) is 22.2. The number of hydrogen-bond acceptors (Lipinski definition) is 6. The summed E-state index contributed by atoms with van der Waals surface area (Å²) < 4.78 is 11.0.